The van der Waals surface area contributed by atoms with E-state index >= 15 is 0 Å². The van der Waals surface area contributed by atoms with E-state index in [2.05, 4.69) is 15.6 Å². The molecule has 2 fully saturated rings. The van der Waals surface area contributed by atoms with Gasteiger partial charge in [-0.25, -0.2) is 4.68 Å². The van der Waals surface area contributed by atoms with Crippen molar-refractivity contribution in [3.05, 3.63) is 41.7 Å². The molecule has 2 saturated heterocycles. The maximum Gasteiger partial charge on any atom is 0.229 e. The monoisotopic (exact) mass is 339 g/mol. The molecule has 0 aliphatic carbocycles. The predicted octanol–water partition coefficient (Wildman–Crippen LogP) is 0.855. The van der Waals surface area contributed by atoms with Gasteiger partial charge in [-0.15, -0.1) is 5.10 Å². The highest BCUT2D eigenvalue weighted by Crippen LogP contribution is 2.28. The molecule has 0 unspecified atom stereocenters. The van der Waals surface area contributed by atoms with Gasteiger partial charge in [0.2, 0.25) is 11.8 Å². The lowest BCUT2D eigenvalue weighted by molar-refractivity contribution is -0.136. The third-order valence-corrected chi connectivity index (χ3v) is 5.23. The highest BCUT2D eigenvalue weighted by Gasteiger charge is 2.42. The zero-order valence-corrected chi connectivity index (χ0v) is 14.2. The summed E-state index contributed by atoms with van der Waals surface area (Å²) in [7, 11) is 0. The van der Waals surface area contributed by atoms with Crippen LogP contribution in [0.3, 0.4) is 0 Å². The van der Waals surface area contributed by atoms with Crippen LogP contribution in [0.1, 0.15) is 24.2 Å². The topological polar surface area (TPSA) is 80.1 Å². The molecule has 1 N–H and O–H groups in total. The lowest BCUT2D eigenvalue weighted by atomic mass is 9.91. The normalized spacial score (nSPS) is 22.6. The largest absolute Gasteiger partial charge is 0.354 e. The number of benzene rings is 1. The Morgan fingerprint density at radius 3 is 2.92 bits per heavy atom. The van der Waals surface area contributed by atoms with E-state index in [4.69, 9.17) is 0 Å². The van der Waals surface area contributed by atoms with Gasteiger partial charge in [0.1, 0.15) is 0 Å². The van der Waals surface area contributed by atoms with Gasteiger partial charge in [-0.2, -0.15) is 0 Å². The molecule has 2 aromatic rings. The summed E-state index contributed by atoms with van der Waals surface area (Å²) in [6.07, 6.45) is 1.95. The first-order chi connectivity index (χ1) is 12.1. The number of fused-ring (bicyclic) bond motifs is 1. The van der Waals surface area contributed by atoms with Gasteiger partial charge < -0.3 is 10.2 Å². The Bertz CT molecular complexity index is 801. The van der Waals surface area contributed by atoms with E-state index < -0.39 is 0 Å². The SMILES string of the molecule is Cc1c(CC(=O)N2CCC[C@H]3C(=O)NC[C@H]32)nnn1-c1ccccc1. The molecule has 130 valence electrons. The second kappa shape index (κ2) is 6.31. The number of amides is 2. The molecular weight excluding hydrogens is 318 g/mol. The fraction of sp³-hybridized carbons (Fsp3) is 0.444. The van der Waals surface area contributed by atoms with Crippen LogP contribution in [0.4, 0.5) is 0 Å². The van der Waals surface area contributed by atoms with E-state index in [1.54, 1.807) is 4.68 Å². The molecule has 0 radical (unpaired) electrons. The van der Waals surface area contributed by atoms with Gasteiger partial charge in [-0.05, 0) is 31.9 Å². The number of hydrogen-bond donors (Lipinski definition) is 1. The van der Waals surface area contributed by atoms with Gasteiger partial charge in [-0.1, -0.05) is 23.4 Å². The number of para-hydroxylation sites is 1. The van der Waals surface area contributed by atoms with Gasteiger partial charge >= 0.3 is 0 Å². The molecule has 7 nitrogen and oxygen atoms in total. The number of carbonyl (C=O) groups excluding carboxylic acids is 2. The van der Waals surface area contributed by atoms with E-state index in [1.165, 1.54) is 0 Å². The Balaban J connectivity index is 1.52. The maximum atomic E-state index is 12.8. The third kappa shape index (κ3) is 2.79. The second-order valence-electron chi connectivity index (χ2n) is 6.69. The minimum atomic E-state index is -0.0567. The van der Waals surface area contributed by atoms with Crippen LogP contribution in [0, 0.1) is 12.8 Å². The van der Waals surface area contributed by atoms with Crippen molar-refractivity contribution in [3.8, 4) is 5.69 Å². The van der Waals surface area contributed by atoms with Crippen molar-refractivity contribution in [2.45, 2.75) is 32.2 Å². The summed E-state index contributed by atoms with van der Waals surface area (Å²) >= 11 is 0. The lowest BCUT2D eigenvalue weighted by Crippen LogP contribution is -2.49. The van der Waals surface area contributed by atoms with Crippen molar-refractivity contribution in [2.75, 3.05) is 13.1 Å². The molecule has 0 spiro atoms. The highest BCUT2D eigenvalue weighted by atomic mass is 16.2. The standard InChI is InChI=1S/C18H21N5O2/c1-12-15(20-21-23(12)13-6-3-2-4-7-13)10-17(24)22-9-5-8-14-16(22)11-19-18(14)25/h2-4,6-7,14,16H,5,8-11H2,1H3,(H,19,25)/t14-,16-/m1/s1. The Hall–Kier alpha value is -2.70. The summed E-state index contributed by atoms with van der Waals surface area (Å²) in [5, 5.41) is 11.3. The Labute approximate surface area is 146 Å². The molecule has 2 aliphatic rings. The van der Waals surface area contributed by atoms with E-state index in [1.807, 2.05) is 42.2 Å². The summed E-state index contributed by atoms with van der Waals surface area (Å²) < 4.78 is 1.75. The first kappa shape index (κ1) is 15.8. The van der Waals surface area contributed by atoms with Crippen molar-refractivity contribution < 1.29 is 9.59 Å². The number of carbonyl (C=O) groups is 2. The number of likely N-dealkylation sites (tertiary alicyclic amines) is 1. The van der Waals surface area contributed by atoms with Crippen molar-refractivity contribution in [1.82, 2.24) is 25.2 Å². The smallest absolute Gasteiger partial charge is 0.229 e. The van der Waals surface area contributed by atoms with Crippen molar-refractivity contribution in [2.24, 2.45) is 5.92 Å². The Kier molecular flexibility index (Phi) is 3.99. The summed E-state index contributed by atoms with van der Waals surface area (Å²) in [5.41, 5.74) is 2.48. The average Bonchev–Trinajstić information content (AvgIpc) is 3.19. The number of nitrogens with zero attached hydrogens (tertiary/aromatic N) is 4. The molecule has 7 heteroatoms. The maximum absolute atomic E-state index is 12.8. The zero-order chi connectivity index (χ0) is 17.4. The number of hydrogen-bond acceptors (Lipinski definition) is 4. The number of aromatic nitrogens is 3. The molecule has 0 bridgehead atoms. The summed E-state index contributed by atoms with van der Waals surface area (Å²) in [4.78, 5) is 26.6. The number of piperidine rings is 1. The Morgan fingerprint density at radius 1 is 1.32 bits per heavy atom. The number of rotatable bonds is 3. The zero-order valence-electron chi connectivity index (χ0n) is 14.2. The minimum Gasteiger partial charge on any atom is -0.354 e. The number of nitrogens with one attached hydrogen (secondary N) is 1. The second-order valence-corrected chi connectivity index (χ2v) is 6.69. The van der Waals surface area contributed by atoms with Crippen LogP contribution in [0.5, 0.6) is 0 Å². The van der Waals surface area contributed by atoms with Crippen molar-refractivity contribution in [3.63, 3.8) is 0 Å². The molecule has 0 saturated carbocycles. The molecule has 1 aromatic heterocycles. The average molecular weight is 339 g/mol. The van der Waals surface area contributed by atoms with Gasteiger partial charge in [0.05, 0.1) is 35.5 Å². The highest BCUT2D eigenvalue weighted by molar-refractivity contribution is 5.85. The minimum absolute atomic E-state index is 0.0155. The fourth-order valence-corrected chi connectivity index (χ4v) is 3.84. The van der Waals surface area contributed by atoms with Gasteiger partial charge in [-0.3, -0.25) is 9.59 Å². The molecular formula is C18H21N5O2. The first-order valence-electron chi connectivity index (χ1n) is 8.69. The van der Waals surface area contributed by atoms with E-state index in [9.17, 15) is 9.59 Å². The quantitative estimate of drug-likeness (QED) is 0.899. The van der Waals surface area contributed by atoms with Gasteiger partial charge in [0.15, 0.2) is 0 Å². The molecule has 3 heterocycles. The van der Waals surface area contributed by atoms with Crippen LogP contribution in [-0.2, 0) is 16.0 Å². The van der Waals surface area contributed by atoms with Crippen LogP contribution < -0.4 is 5.32 Å². The van der Waals surface area contributed by atoms with Crippen molar-refractivity contribution in [1.29, 1.82) is 0 Å². The fourth-order valence-electron chi connectivity index (χ4n) is 3.84. The summed E-state index contributed by atoms with van der Waals surface area (Å²) in [6, 6.07) is 9.73. The van der Waals surface area contributed by atoms with Crippen LogP contribution >= 0.6 is 0 Å². The van der Waals surface area contributed by atoms with Gasteiger partial charge in [0.25, 0.3) is 0 Å². The molecule has 2 amide bonds. The van der Waals surface area contributed by atoms with Crippen LogP contribution in [0.25, 0.3) is 5.69 Å². The third-order valence-electron chi connectivity index (χ3n) is 5.23. The molecule has 2 atom stereocenters. The van der Waals surface area contributed by atoms with E-state index in [0.717, 1.165) is 24.2 Å². The molecule has 1 aromatic carbocycles. The molecule has 4 rings (SSSR count). The summed E-state index contributed by atoms with van der Waals surface area (Å²) in [5.74, 6) is 0.0434. The van der Waals surface area contributed by atoms with E-state index in [0.29, 0.717) is 18.8 Å². The molecule has 2 aliphatic heterocycles. The predicted molar refractivity (Wildman–Crippen MR) is 91.0 cm³/mol. The van der Waals surface area contributed by atoms with Crippen LogP contribution in [0.2, 0.25) is 0 Å². The first-order valence-corrected chi connectivity index (χ1v) is 8.69. The van der Waals surface area contributed by atoms with Crippen molar-refractivity contribution >= 4 is 11.8 Å². The lowest BCUT2D eigenvalue weighted by Gasteiger charge is -2.35. The van der Waals surface area contributed by atoms with Gasteiger partial charge in [0, 0.05) is 13.1 Å². The Morgan fingerprint density at radius 2 is 2.12 bits per heavy atom. The van der Waals surface area contributed by atoms with Crippen LogP contribution in [0.15, 0.2) is 30.3 Å². The van der Waals surface area contributed by atoms with E-state index in [-0.39, 0.29) is 30.2 Å². The summed E-state index contributed by atoms with van der Waals surface area (Å²) in [6.45, 7) is 3.20. The molecule has 25 heavy (non-hydrogen) atoms. The van der Waals surface area contributed by atoms with Crippen LogP contribution in [-0.4, -0.2) is 50.8 Å².